The highest BCUT2D eigenvalue weighted by Gasteiger charge is 2.24. The summed E-state index contributed by atoms with van der Waals surface area (Å²) >= 11 is 0. The molecule has 1 aliphatic carbocycles. The maximum Gasteiger partial charge on any atom is 0.275 e. The Balaban J connectivity index is 1.88. The van der Waals surface area contributed by atoms with Crippen LogP contribution < -0.4 is 19.7 Å². The number of hydrogen-bond acceptors (Lipinski definition) is 3. The Hall–Kier alpha value is -1.75. The van der Waals surface area contributed by atoms with E-state index < -0.39 is 0 Å². The van der Waals surface area contributed by atoms with Gasteiger partial charge in [0.15, 0.2) is 6.54 Å². The molecule has 5 nitrogen and oxygen atoms in total. The molecule has 5 heteroatoms. The van der Waals surface area contributed by atoms with Crippen molar-refractivity contribution < 1.29 is 19.2 Å². The summed E-state index contributed by atoms with van der Waals surface area (Å²) in [4.78, 5) is 13.5. The number of carbonyl (C=O) groups excluding carboxylic acids is 1. The number of rotatable bonds is 7. The molecule has 0 radical (unpaired) electrons. The molecule has 1 aliphatic rings. The molecule has 2 N–H and O–H groups in total. The fraction of sp³-hybridized carbons (Fsp3) is 0.632. The molecule has 2 rings (SSSR count). The summed E-state index contributed by atoms with van der Waals surface area (Å²) in [5.41, 5.74) is 1.08. The normalized spacial score (nSPS) is 21.8. The van der Waals surface area contributed by atoms with Crippen LogP contribution in [0.4, 0.5) is 0 Å². The van der Waals surface area contributed by atoms with Crippen molar-refractivity contribution >= 4 is 5.91 Å². The summed E-state index contributed by atoms with van der Waals surface area (Å²) < 4.78 is 10.7. The number of amides is 1. The van der Waals surface area contributed by atoms with Crippen molar-refractivity contribution in [3.8, 4) is 11.5 Å². The topological polar surface area (TPSA) is 52.0 Å². The van der Waals surface area contributed by atoms with Crippen molar-refractivity contribution in [2.75, 3.05) is 27.8 Å². The van der Waals surface area contributed by atoms with Crippen molar-refractivity contribution in [3.05, 3.63) is 23.8 Å². The van der Waals surface area contributed by atoms with E-state index in [9.17, 15) is 4.79 Å². The maximum absolute atomic E-state index is 12.3. The van der Waals surface area contributed by atoms with E-state index in [2.05, 4.69) is 12.2 Å². The second-order valence-electron chi connectivity index (χ2n) is 6.92. The van der Waals surface area contributed by atoms with Crippen molar-refractivity contribution in [1.29, 1.82) is 0 Å². The van der Waals surface area contributed by atoms with Gasteiger partial charge in [0.2, 0.25) is 0 Å². The van der Waals surface area contributed by atoms with Gasteiger partial charge in [-0.1, -0.05) is 19.8 Å². The first-order chi connectivity index (χ1) is 11.5. The van der Waals surface area contributed by atoms with Gasteiger partial charge in [-0.3, -0.25) is 4.79 Å². The molecule has 1 aromatic carbocycles. The van der Waals surface area contributed by atoms with Crippen LogP contribution in [-0.4, -0.2) is 39.8 Å². The highest BCUT2D eigenvalue weighted by Crippen LogP contribution is 2.24. The van der Waals surface area contributed by atoms with Crippen LogP contribution in [0.25, 0.3) is 0 Å². The molecule has 1 amide bonds. The zero-order valence-electron chi connectivity index (χ0n) is 15.4. The molecule has 134 valence electrons. The minimum atomic E-state index is 0.138. The van der Waals surface area contributed by atoms with Gasteiger partial charge in [-0.15, -0.1) is 0 Å². The second kappa shape index (κ2) is 8.92. The van der Waals surface area contributed by atoms with Crippen molar-refractivity contribution in [1.82, 2.24) is 5.32 Å². The average molecular weight is 335 g/mol. The third-order valence-electron chi connectivity index (χ3n) is 4.91. The zero-order chi connectivity index (χ0) is 17.5. The standard InChI is InChI=1S/C19H30N2O3/c1-14-7-5-6-8-17(14)20-19(22)13-21(2)12-15-9-10-16(23-3)11-18(15)24-4/h9-11,14,17H,5-8,12-13H2,1-4H3,(H,20,22)/p+1/t14-,17+/m0/s1. The first-order valence-corrected chi connectivity index (χ1v) is 8.85. The quantitative estimate of drug-likeness (QED) is 0.792. The monoisotopic (exact) mass is 335 g/mol. The summed E-state index contributed by atoms with van der Waals surface area (Å²) in [5, 5.41) is 3.22. The van der Waals surface area contributed by atoms with E-state index in [1.165, 1.54) is 19.3 Å². The molecule has 0 saturated heterocycles. The number of nitrogens with one attached hydrogen (secondary N) is 2. The zero-order valence-corrected chi connectivity index (χ0v) is 15.4. The van der Waals surface area contributed by atoms with Crippen LogP contribution >= 0.6 is 0 Å². The first kappa shape index (κ1) is 18.6. The van der Waals surface area contributed by atoms with Crippen LogP contribution in [0.15, 0.2) is 18.2 Å². The predicted molar refractivity (Wildman–Crippen MR) is 94.6 cm³/mol. The van der Waals surface area contributed by atoms with Crippen LogP contribution in [0.1, 0.15) is 38.2 Å². The molecule has 0 bridgehead atoms. The van der Waals surface area contributed by atoms with E-state index in [0.29, 0.717) is 18.5 Å². The van der Waals surface area contributed by atoms with E-state index in [0.717, 1.165) is 34.9 Å². The molecule has 1 aromatic rings. The van der Waals surface area contributed by atoms with Crippen LogP contribution in [0.2, 0.25) is 0 Å². The largest absolute Gasteiger partial charge is 0.497 e. The molecule has 1 unspecified atom stereocenters. The van der Waals surface area contributed by atoms with Crippen LogP contribution in [0, 0.1) is 5.92 Å². The Morgan fingerprint density at radius 3 is 2.67 bits per heavy atom. The Morgan fingerprint density at radius 2 is 2.00 bits per heavy atom. The smallest absolute Gasteiger partial charge is 0.275 e. The molecular weight excluding hydrogens is 304 g/mol. The molecule has 1 saturated carbocycles. The average Bonchev–Trinajstić information content (AvgIpc) is 2.57. The van der Waals surface area contributed by atoms with Gasteiger partial charge in [0.05, 0.1) is 21.3 Å². The van der Waals surface area contributed by atoms with Crippen molar-refractivity contribution in [2.45, 2.75) is 45.2 Å². The lowest BCUT2D eigenvalue weighted by Crippen LogP contribution is -3.09. The molecule has 24 heavy (non-hydrogen) atoms. The molecule has 0 spiro atoms. The highest BCUT2D eigenvalue weighted by molar-refractivity contribution is 5.77. The van der Waals surface area contributed by atoms with Crippen LogP contribution in [-0.2, 0) is 11.3 Å². The summed E-state index contributed by atoms with van der Waals surface area (Å²) in [5.74, 6) is 2.30. The Kier molecular flexibility index (Phi) is 6.91. The third-order valence-corrected chi connectivity index (χ3v) is 4.91. The van der Waals surface area contributed by atoms with Gasteiger partial charge in [-0.2, -0.15) is 0 Å². The number of hydrogen-bond donors (Lipinski definition) is 2. The lowest BCUT2D eigenvalue weighted by molar-refractivity contribution is -0.885. The van der Waals surface area contributed by atoms with E-state index in [1.807, 2.05) is 25.2 Å². The Labute approximate surface area is 145 Å². The number of carbonyl (C=O) groups is 1. The first-order valence-electron chi connectivity index (χ1n) is 8.85. The summed E-state index contributed by atoms with van der Waals surface area (Å²) in [6, 6.07) is 6.15. The van der Waals surface area contributed by atoms with Crippen LogP contribution in [0.5, 0.6) is 11.5 Å². The fourth-order valence-corrected chi connectivity index (χ4v) is 3.45. The summed E-state index contributed by atoms with van der Waals surface area (Å²) in [6.45, 7) is 3.45. The van der Waals surface area contributed by atoms with E-state index in [-0.39, 0.29) is 5.91 Å². The summed E-state index contributed by atoms with van der Waals surface area (Å²) in [7, 11) is 5.33. The molecule has 0 aliphatic heterocycles. The number of likely N-dealkylation sites (N-methyl/N-ethyl adjacent to an activating group) is 1. The van der Waals surface area contributed by atoms with Crippen molar-refractivity contribution in [2.24, 2.45) is 5.92 Å². The van der Waals surface area contributed by atoms with Gasteiger partial charge in [0, 0.05) is 17.7 Å². The SMILES string of the molecule is COc1ccc(C[NH+](C)CC(=O)N[C@@H]2CCCC[C@@H]2C)c(OC)c1. The van der Waals surface area contributed by atoms with Gasteiger partial charge in [0.1, 0.15) is 18.0 Å². The van der Waals surface area contributed by atoms with Gasteiger partial charge >= 0.3 is 0 Å². The number of quaternary nitrogens is 1. The Bertz CT molecular complexity index is 547. The van der Waals surface area contributed by atoms with Gasteiger partial charge < -0.3 is 19.7 Å². The van der Waals surface area contributed by atoms with Gasteiger partial charge in [-0.05, 0) is 30.9 Å². The molecule has 1 fully saturated rings. The lowest BCUT2D eigenvalue weighted by atomic mass is 9.86. The third kappa shape index (κ3) is 5.13. The van der Waals surface area contributed by atoms with Gasteiger partial charge in [-0.25, -0.2) is 0 Å². The number of methoxy groups -OCH3 is 2. The predicted octanol–water partition coefficient (Wildman–Crippen LogP) is 1.41. The molecule has 3 atom stereocenters. The maximum atomic E-state index is 12.3. The minimum absolute atomic E-state index is 0.138. The minimum Gasteiger partial charge on any atom is -0.497 e. The van der Waals surface area contributed by atoms with Crippen LogP contribution in [0.3, 0.4) is 0 Å². The van der Waals surface area contributed by atoms with E-state index in [4.69, 9.17) is 9.47 Å². The summed E-state index contributed by atoms with van der Waals surface area (Å²) in [6.07, 6.45) is 4.84. The number of benzene rings is 1. The van der Waals surface area contributed by atoms with E-state index in [1.54, 1.807) is 14.2 Å². The second-order valence-corrected chi connectivity index (χ2v) is 6.92. The van der Waals surface area contributed by atoms with Gasteiger partial charge in [0.25, 0.3) is 5.91 Å². The molecular formula is C19H31N2O3+. The molecule has 0 aromatic heterocycles. The van der Waals surface area contributed by atoms with Crippen molar-refractivity contribution in [3.63, 3.8) is 0 Å². The lowest BCUT2D eigenvalue weighted by Gasteiger charge is -2.29. The molecule has 0 heterocycles. The highest BCUT2D eigenvalue weighted by atomic mass is 16.5. The Morgan fingerprint density at radius 1 is 1.25 bits per heavy atom. The fourth-order valence-electron chi connectivity index (χ4n) is 3.45. The van der Waals surface area contributed by atoms with E-state index >= 15 is 0 Å². The number of ether oxygens (including phenoxy) is 2.